The van der Waals surface area contributed by atoms with Gasteiger partial charge in [-0.05, 0) is 12.8 Å². The lowest BCUT2D eigenvalue weighted by atomic mass is 10.2. The second-order valence-corrected chi connectivity index (χ2v) is 3.39. The molecule has 0 heterocycles. The van der Waals surface area contributed by atoms with E-state index in [1.165, 1.54) is 0 Å². The summed E-state index contributed by atoms with van der Waals surface area (Å²) in [7, 11) is 0. The van der Waals surface area contributed by atoms with Crippen molar-refractivity contribution in [2.45, 2.75) is 30.8 Å². The maximum Gasteiger partial charge on any atom is 0.187 e. The van der Waals surface area contributed by atoms with Crippen LogP contribution in [-0.4, -0.2) is 11.4 Å². The Balaban J connectivity index is 2.02. The van der Waals surface area contributed by atoms with Crippen LogP contribution in [0.4, 0.5) is 4.39 Å². The lowest BCUT2D eigenvalue weighted by Gasteiger charge is -1.94. The summed E-state index contributed by atoms with van der Waals surface area (Å²) in [6.45, 7) is 0. The molecule has 0 spiro atoms. The van der Waals surface area contributed by atoms with Gasteiger partial charge in [-0.2, -0.15) is 0 Å². The molecule has 0 aliphatic heterocycles. The van der Waals surface area contributed by atoms with Crippen molar-refractivity contribution in [3.8, 4) is 0 Å². The Morgan fingerprint density at radius 1 is 1.80 bits per heavy atom. The van der Waals surface area contributed by atoms with E-state index in [0.29, 0.717) is 12.8 Å². The fraction of sp³-hybridized carbons (Fsp3) is 0.857. The van der Waals surface area contributed by atoms with Crippen molar-refractivity contribution in [1.29, 1.82) is 0 Å². The summed E-state index contributed by atoms with van der Waals surface area (Å²) in [4.78, 5) is 9.84. The predicted molar refractivity (Wildman–Crippen MR) is 37.7 cm³/mol. The first-order valence-electron chi connectivity index (χ1n) is 3.48. The average Bonchev–Trinajstić information content (AvgIpc) is 2.41. The largest absolute Gasteiger partial charge is 0.303 e. The topological polar surface area (TPSA) is 17.1 Å². The Labute approximate surface area is 64.6 Å². The molecule has 1 saturated carbocycles. The van der Waals surface area contributed by atoms with E-state index in [1.807, 2.05) is 0 Å². The van der Waals surface area contributed by atoms with Gasteiger partial charge in [0.1, 0.15) is 6.29 Å². The van der Waals surface area contributed by atoms with Crippen LogP contribution in [0.25, 0.3) is 0 Å². The third-order valence-corrected chi connectivity index (χ3v) is 2.29. The number of alkyl halides is 2. The highest BCUT2D eigenvalue weighted by molar-refractivity contribution is 6.24. The molecule has 1 nitrogen and oxygen atoms in total. The van der Waals surface area contributed by atoms with Gasteiger partial charge in [0.2, 0.25) is 0 Å². The number of carbonyl (C=O) groups excluding carboxylic acids is 1. The minimum absolute atomic E-state index is 0.00844. The molecule has 1 rings (SSSR count). The molecule has 10 heavy (non-hydrogen) atoms. The van der Waals surface area contributed by atoms with Crippen LogP contribution >= 0.6 is 11.6 Å². The van der Waals surface area contributed by atoms with Crippen LogP contribution in [0.5, 0.6) is 0 Å². The third kappa shape index (κ3) is 1.94. The number of rotatable bonds is 4. The molecule has 0 N–H and O–H groups in total. The van der Waals surface area contributed by atoms with Gasteiger partial charge in [-0.3, -0.25) is 0 Å². The zero-order valence-corrected chi connectivity index (χ0v) is 6.40. The lowest BCUT2D eigenvalue weighted by molar-refractivity contribution is -0.107. The first-order valence-corrected chi connectivity index (χ1v) is 3.86. The maximum atomic E-state index is 12.6. The van der Waals surface area contributed by atoms with Crippen LogP contribution in [0.15, 0.2) is 0 Å². The predicted octanol–water partition coefficient (Wildman–Crippen LogP) is 2.28. The summed E-state index contributed by atoms with van der Waals surface area (Å²) in [5.74, 6) is 0.00844. The van der Waals surface area contributed by atoms with Gasteiger partial charge in [0.05, 0.1) is 0 Å². The molecule has 0 amide bonds. The van der Waals surface area contributed by atoms with Gasteiger partial charge < -0.3 is 4.79 Å². The van der Waals surface area contributed by atoms with Crippen LogP contribution in [0.3, 0.4) is 0 Å². The van der Waals surface area contributed by atoms with E-state index in [2.05, 4.69) is 0 Å². The van der Waals surface area contributed by atoms with Gasteiger partial charge in [-0.25, -0.2) is 4.39 Å². The highest BCUT2D eigenvalue weighted by atomic mass is 35.5. The summed E-state index contributed by atoms with van der Waals surface area (Å²) < 4.78 is 12.6. The van der Waals surface area contributed by atoms with Crippen molar-refractivity contribution < 1.29 is 9.18 Å². The number of aldehydes is 1. The zero-order chi connectivity index (χ0) is 7.61. The molecule has 1 aliphatic carbocycles. The fourth-order valence-electron chi connectivity index (χ4n) is 1.03. The van der Waals surface area contributed by atoms with E-state index in [0.717, 1.165) is 19.1 Å². The highest BCUT2D eigenvalue weighted by Crippen LogP contribution is 2.53. The molecule has 0 aromatic rings. The Morgan fingerprint density at radius 3 is 2.80 bits per heavy atom. The average molecular weight is 165 g/mol. The summed E-state index contributed by atoms with van der Waals surface area (Å²) in [5.41, 5.74) is 0. The first kappa shape index (κ1) is 7.99. The third-order valence-electron chi connectivity index (χ3n) is 1.83. The maximum absolute atomic E-state index is 12.6. The number of unbranched alkanes of at least 4 members (excludes halogenated alkanes) is 1. The summed E-state index contributed by atoms with van der Waals surface area (Å²) in [5, 5.41) is -1.43. The van der Waals surface area contributed by atoms with Gasteiger partial charge in [0.25, 0.3) is 0 Å². The van der Waals surface area contributed by atoms with Crippen LogP contribution in [-0.2, 0) is 4.79 Å². The summed E-state index contributed by atoms with van der Waals surface area (Å²) in [6.07, 6.45) is 3.37. The van der Waals surface area contributed by atoms with Gasteiger partial charge in [0, 0.05) is 18.8 Å². The highest BCUT2D eigenvalue weighted by Gasteiger charge is 2.53. The Bertz CT molecular complexity index is 136. The van der Waals surface area contributed by atoms with Gasteiger partial charge in [0.15, 0.2) is 5.13 Å². The SMILES string of the molecule is O=CCCCC1CC1(F)Cl. The molecule has 1 aliphatic rings. The fourth-order valence-corrected chi connectivity index (χ4v) is 1.33. The molecule has 0 bridgehead atoms. The van der Waals surface area contributed by atoms with Crippen LogP contribution < -0.4 is 0 Å². The van der Waals surface area contributed by atoms with E-state index < -0.39 is 5.13 Å². The second-order valence-electron chi connectivity index (χ2n) is 2.76. The second kappa shape index (κ2) is 2.87. The Kier molecular flexibility index (Phi) is 2.29. The van der Waals surface area contributed by atoms with Crippen LogP contribution in [0.2, 0.25) is 0 Å². The van der Waals surface area contributed by atoms with Crippen molar-refractivity contribution in [3.63, 3.8) is 0 Å². The van der Waals surface area contributed by atoms with Crippen molar-refractivity contribution in [2.24, 2.45) is 5.92 Å². The van der Waals surface area contributed by atoms with E-state index in [1.54, 1.807) is 0 Å². The van der Waals surface area contributed by atoms with E-state index in [4.69, 9.17) is 11.6 Å². The minimum atomic E-state index is -1.43. The molecule has 1 fully saturated rings. The number of hydrogen-bond acceptors (Lipinski definition) is 1. The molecule has 2 atom stereocenters. The van der Waals surface area contributed by atoms with Gasteiger partial charge in [-0.15, -0.1) is 0 Å². The molecule has 0 saturated heterocycles. The quantitative estimate of drug-likeness (QED) is 0.354. The molecule has 58 valence electrons. The molecular weight excluding hydrogens is 155 g/mol. The van der Waals surface area contributed by atoms with Crippen LogP contribution in [0, 0.1) is 5.92 Å². The van der Waals surface area contributed by atoms with Crippen molar-refractivity contribution >= 4 is 17.9 Å². The lowest BCUT2D eigenvalue weighted by Crippen LogP contribution is -1.91. The van der Waals surface area contributed by atoms with Crippen molar-refractivity contribution in [2.75, 3.05) is 0 Å². The van der Waals surface area contributed by atoms with Gasteiger partial charge in [-0.1, -0.05) is 11.6 Å². The van der Waals surface area contributed by atoms with Crippen molar-refractivity contribution in [3.05, 3.63) is 0 Å². The number of carbonyl (C=O) groups is 1. The Morgan fingerprint density at radius 2 is 2.40 bits per heavy atom. The number of hydrogen-bond donors (Lipinski definition) is 0. The first-order chi connectivity index (χ1) is 4.67. The summed E-state index contributed by atoms with van der Waals surface area (Å²) in [6, 6.07) is 0. The monoisotopic (exact) mass is 164 g/mol. The number of halogens is 2. The molecule has 0 aromatic carbocycles. The molecule has 0 aromatic heterocycles. The van der Waals surface area contributed by atoms with E-state index in [-0.39, 0.29) is 5.92 Å². The summed E-state index contributed by atoms with van der Waals surface area (Å²) >= 11 is 5.33. The molecule has 0 radical (unpaired) electrons. The molecule has 3 heteroatoms. The van der Waals surface area contributed by atoms with Crippen LogP contribution in [0.1, 0.15) is 25.7 Å². The van der Waals surface area contributed by atoms with E-state index in [9.17, 15) is 9.18 Å². The van der Waals surface area contributed by atoms with E-state index >= 15 is 0 Å². The Hall–Kier alpha value is -0.110. The zero-order valence-electron chi connectivity index (χ0n) is 5.65. The minimum Gasteiger partial charge on any atom is -0.303 e. The molecule has 2 unspecified atom stereocenters. The van der Waals surface area contributed by atoms with Gasteiger partial charge >= 0.3 is 0 Å². The molecular formula is C7H10ClFO. The smallest absolute Gasteiger partial charge is 0.187 e. The normalized spacial score (nSPS) is 37.6. The standard InChI is InChI=1S/C7H10ClFO/c8-7(9)5-6(7)3-1-2-4-10/h4,6H,1-3,5H2. The van der Waals surface area contributed by atoms with Crippen molar-refractivity contribution in [1.82, 2.24) is 0 Å².